The van der Waals surface area contributed by atoms with Gasteiger partial charge >= 0.3 is 0 Å². The third-order valence-electron chi connectivity index (χ3n) is 3.23. The zero-order valence-corrected chi connectivity index (χ0v) is 10.9. The maximum Gasteiger partial charge on any atom is 0.233 e. The molecule has 0 spiro atoms. The largest absolute Gasteiger partial charge is 0.285 e. The number of benzene rings is 1. The Morgan fingerprint density at radius 3 is 2.11 bits per heavy atom. The van der Waals surface area contributed by atoms with E-state index in [1.807, 2.05) is 45.1 Å². The highest BCUT2D eigenvalue weighted by atomic mass is 16.2. The Kier molecular flexibility index (Phi) is 3.04. The Balaban J connectivity index is 2.26. The van der Waals surface area contributed by atoms with E-state index in [4.69, 9.17) is 0 Å². The van der Waals surface area contributed by atoms with Gasteiger partial charge in [0.05, 0.1) is 0 Å². The normalized spacial score (nSPS) is 16.5. The molecule has 18 heavy (non-hydrogen) atoms. The number of Topliss-reactive ketones (excluding diaryl/α,β-unsaturated/α-hetero) is 2. The zero-order valence-electron chi connectivity index (χ0n) is 10.9. The van der Waals surface area contributed by atoms with Gasteiger partial charge < -0.3 is 0 Å². The van der Waals surface area contributed by atoms with Crippen LogP contribution in [0.3, 0.4) is 0 Å². The lowest BCUT2D eigenvalue weighted by Gasteiger charge is -2.18. The monoisotopic (exact) mass is 240 g/mol. The van der Waals surface area contributed by atoms with Crippen LogP contribution >= 0.6 is 0 Å². The fourth-order valence-electron chi connectivity index (χ4n) is 2.02. The minimum absolute atomic E-state index is 0.350. The molecule has 0 fully saturated rings. The van der Waals surface area contributed by atoms with E-state index in [2.05, 4.69) is 0 Å². The average Bonchev–Trinajstić information content (AvgIpc) is 2.68. The van der Waals surface area contributed by atoms with Crippen LogP contribution in [0.2, 0.25) is 0 Å². The van der Waals surface area contributed by atoms with Crippen LogP contribution in [0.25, 0.3) is 0 Å². The summed E-state index contributed by atoms with van der Waals surface area (Å²) in [5.41, 5.74) is 1.74. The topological polar surface area (TPSA) is 34.1 Å². The molecule has 0 N–H and O–H groups in total. The van der Waals surface area contributed by atoms with Gasteiger partial charge in [-0.2, -0.15) is 0 Å². The summed E-state index contributed by atoms with van der Waals surface area (Å²) >= 11 is 0. The first-order chi connectivity index (χ1) is 8.42. The van der Waals surface area contributed by atoms with Crippen molar-refractivity contribution in [3.05, 3.63) is 59.2 Å². The van der Waals surface area contributed by atoms with Crippen molar-refractivity contribution in [3.8, 4) is 0 Å². The van der Waals surface area contributed by atoms with E-state index in [0.717, 1.165) is 5.56 Å². The summed E-state index contributed by atoms with van der Waals surface area (Å²) in [5.74, 6) is -0.841. The van der Waals surface area contributed by atoms with Crippen molar-refractivity contribution in [1.82, 2.24) is 0 Å². The van der Waals surface area contributed by atoms with Crippen molar-refractivity contribution in [2.75, 3.05) is 0 Å². The van der Waals surface area contributed by atoms with Gasteiger partial charge in [-0.25, -0.2) is 0 Å². The molecule has 2 heteroatoms. The second-order valence-electron chi connectivity index (χ2n) is 5.19. The number of carbonyl (C=O) groups is 2. The molecule has 0 aliphatic heterocycles. The Hall–Kier alpha value is -1.96. The Morgan fingerprint density at radius 2 is 1.61 bits per heavy atom. The molecule has 0 saturated carbocycles. The van der Waals surface area contributed by atoms with Crippen molar-refractivity contribution in [2.24, 2.45) is 5.41 Å². The molecule has 2 nitrogen and oxygen atoms in total. The Bertz CT molecular complexity index is 557. The van der Waals surface area contributed by atoms with Crippen molar-refractivity contribution < 1.29 is 9.59 Å². The Labute approximate surface area is 107 Å². The average molecular weight is 240 g/mol. The number of hydrogen-bond donors (Lipinski definition) is 0. The van der Waals surface area contributed by atoms with E-state index in [1.54, 1.807) is 18.2 Å². The molecule has 0 heterocycles. The molecule has 0 aromatic heterocycles. The fraction of sp³-hybridized carbons (Fsp3) is 0.250. The molecule has 92 valence electrons. The summed E-state index contributed by atoms with van der Waals surface area (Å²) < 4.78 is 0. The summed E-state index contributed by atoms with van der Waals surface area (Å²) in [4.78, 5) is 24.3. The molecular formula is C16H16O2. The van der Waals surface area contributed by atoms with Gasteiger partial charge in [-0.05, 0) is 6.92 Å². The van der Waals surface area contributed by atoms with Crippen LogP contribution in [0, 0.1) is 12.3 Å². The predicted octanol–water partition coefficient (Wildman–Crippen LogP) is 3.27. The standard InChI is InChI=1S/C16H16O2/c1-11-6-8-12(9-7-11)14(17)15(18)13-5-4-10-16(13,2)3/h4-10H,1-3H3. The van der Waals surface area contributed by atoms with Gasteiger partial charge in [0.2, 0.25) is 11.6 Å². The first-order valence-corrected chi connectivity index (χ1v) is 5.97. The lowest BCUT2D eigenvalue weighted by atomic mass is 9.83. The second kappa shape index (κ2) is 4.37. The number of rotatable bonds is 3. The number of hydrogen-bond acceptors (Lipinski definition) is 2. The van der Waals surface area contributed by atoms with Crippen LogP contribution in [0.4, 0.5) is 0 Å². The molecule has 1 aliphatic carbocycles. The van der Waals surface area contributed by atoms with E-state index < -0.39 is 11.6 Å². The maximum atomic E-state index is 12.2. The number of aryl methyl sites for hydroxylation is 1. The highest BCUT2D eigenvalue weighted by Crippen LogP contribution is 2.33. The smallest absolute Gasteiger partial charge is 0.233 e. The molecule has 1 aromatic carbocycles. The number of carbonyl (C=O) groups excluding carboxylic acids is 2. The van der Waals surface area contributed by atoms with E-state index in [0.29, 0.717) is 11.1 Å². The summed E-state index contributed by atoms with van der Waals surface area (Å²) in [5, 5.41) is 0. The van der Waals surface area contributed by atoms with Gasteiger partial charge in [0.1, 0.15) is 0 Å². The lowest BCUT2D eigenvalue weighted by molar-refractivity contribution is -0.112. The van der Waals surface area contributed by atoms with E-state index in [-0.39, 0.29) is 5.41 Å². The highest BCUT2D eigenvalue weighted by Gasteiger charge is 2.32. The zero-order chi connectivity index (χ0) is 13.3. The van der Waals surface area contributed by atoms with Gasteiger partial charge in [0.25, 0.3) is 0 Å². The second-order valence-corrected chi connectivity index (χ2v) is 5.19. The minimum atomic E-state index is -0.432. The SMILES string of the molecule is Cc1ccc(C(=O)C(=O)C2=CC=CC2(C)C)cc1. The van der Waals surface area contributed by atoms with Crippen LogP contribution in [0.5, 0.6) is 0 Å². The fourth-order valence-corrected chi connectivity index (χ4v) is 2.02. The van der Waals surface area contributed by atoms with Crippen LogP contribution < -0.4 is 0 Å². The van der Waals surface area contributed by atoms with Crippen molar-refractivity contribution >= 4 is 11.6 Å². The number of ketones is 2. The molecule has 1 aromatic rings. The first kappa shape index (κ1) is 12.5. The molecule has 0 amide bonds. The van der Waals surface area contributed by atoms with E-state index in [1.165, 1.54) is 0 Å². The highest BCUT2D eigenvalue weighted by molar-refractivity contribution is 6.49. The van der Waals surface area contributed by atoms with Crippen LogP contribution in [-0.2, 0) is 4.79 Å². The summed E-state index contributed by atoms with van der Waals surface area (Å²) in [7, 11) is 0. The number of allylic oxidation sites excluding steroid dienone is 4. The minimum Gasteiger partial charge on any atom is -0.285 e. The van der Waals surface area contributed by atoms with Gasteiger partial charge in [0, 0.05) is 16.6 Å². The van der Waals surface area contributed by atoms with Crippen molar-refractivity contribution in [2.45, 2.75) is 20.8 Å². The molecule has 0 radical (unpaired) electrons. The molecule has 0 bridgehead atoms. The van der Waals surface area contributed by atoms with E-state index in [9.17, 15) is 9.59 Å². The molecule has 0 saturated heterocycles. The summed E-state index contributed by atoms with van der Waals surface area (Å²) in [6.07, 6.45) is 5.49. The molecule has 0 unspecified atom stereocenters. The van der Waals surface area contributed by atoms with Crippen LogP contribution in [0.15, 0.2) is 48.1 Å². The Morgan fingerprint density at radius 1 is 1.00 bits per heavy atom. The maximum absolute atomic E-state index is 12.2. The van der Waals surface area contributed by atoms with Crippen molar-refractivity contribution in [1.29, 1.82) is 0 Å². The first-order valence-electron chi connectivity index (χ1n) is 5.97. The van der Waals surface area contributed by atoms with Gasteiger partial charge in [-0.3, -0.25) is 9.59 Å². The predicted molar refractivity (Wildman–Crippen MR) is 71.5 cm³/mol. The van der Waals surface area contributed by atoms with Crippen LogP contribution in [-0.4, -0.2) is 11.6 Å². The third kappa shape index (κ3) is 2.19. The van der Waals surface area contributed by atoms with Gasteiger partial charge in [-0.1, -0.05) is 61.9 Å². The van der Waals surface area contributed by atoms with Gasteiger partial charge in [0.15, 0.2) is 0 Å². The molecule has 1 aliphatic rings. The summed E-state index contributed by atoms with van der Waals surface area (Å²) in [6.45, 7) is 5.81. The molecular weight excluding hydrogens is 224 g/mol. The van der Waals surface area contributed by atoms with E-state index >= 15 is 0 Å². The quantitative estimate of drug-likeness (QED) is 0.600. The molecule has 0 atom stereocenters. The third-order valence-corrected chi connectivity index (χ3v) is 3.23. The molecule has 2 rings (SSSR count). The summed E-state index contributed by atoms with van der Waals surface area (Å²) in [6, 6.07) is 7.08. The van der Waals surface area contributed by atoms with Crippen molar-refractivity contribution in [3.63, 3.8) is 0 Å². The lowest BCUT2D eigenvalue weighted by Crippen LogP contribution is -2.24. The van der Waals surface area contributed by atoms with Gasteiger partial charge in [-0.15, -0.1) is 0 Å². The van der Waals surface area contributed by atoms with Crippen LogP contribution in [0.1, 0.15) is 29.8 Å².